The first kappa shape index (κ1) is 23.4. The molecule has 0 N–H and O–H groups in total. The molecule has 9 rings (SSSR count). The molecule has 0 fully saturated rings. The van der Waals surface area contributed by atoms with Gasteiger partial charge in [0, 0.05) is 32.3 Å². The van der Waals surface area contributed by atoms with E-state index in [1.807, 2.05) is 78.9 Å². The minimum absolute atomic E-state index is 0.483. The lowest BCUT2D eigenvalue weighted by atomic mass is 9.96. The molecular weight excluding hydrogens is 530 g/mol. The van der Waals surface area contributed by atoms with Crippen LogP contribution in [0.1, 0.15) is 11.1 Å². The van der Waals surface area contributed by atoms with E-state index in [0.29, 0.717) is 22.3 Å². The Morgan fingerprint density at radius 3 is 2.21 bits per heavy atom. The van der Waals surface area contributed by atoms with Gasteiger partial charge in [-0.3, -0.25) is 0 Å². The highest BCUT2D eigenvalue weighted by Gasteiger charge is 2.21. The number of furan rings is 2. The van der Waals surface area contributed by atoms with Gasteiger partial charge >= 0.3 is 0 Å². The Balaban J connectivity index is 1.37. The van der Waals surface area contributed by atoms with Crippen LogP contribution in [-0.4, -0.2) is 4.57 Å². The van der Waals surface area contributed by atoms with Crippen LogP contribution in [0.25, 0.3) is 82.5 Å². The molecule has 198 valence electrons. The molecule has 3 heterocycles. The van der Waals surface area contributed by atoms with Gasteiger partial charge in [0.15, 0.2) is 11.2 Å². The van der Waals surface area contributed by atoms with Crippen LogP contribution in [0, 0.1) is 22.7 Å². The Morgan fingerprint density at radius 1 is 0.535 bits per heavy atom. The average Bonchev–Trinajstić information content (AvgIpc) is 3.73. The van der Waals surface area contributed by atoms with E-state index in [0.717, 1.165) is 71.3 Å². The van der Waals surface area contributed by atoms with Crippen LogP contribution in [-0.2, 0) is 0 Å². The first-order valence-electron chi connectivity index (χ1n) is 14.0. The summed E-state index contributed by atoms with van der Waals surface area (Å²) < 4.78 is 14.9. The third-order valence-corrected chi connectivity index (χ3v) is 8.48. The number of benzene rings is 6. The van der Waals surface area contributed by atoms with E-state index in [2.05, 4.69) is 53.1 Å². The van der Waals surface area contributed by atoms with Crippen LogP contribution >= 0.6 is 0 Å². The van der Waals surface area contributed by atoms with Crippen molar-refractivity contribution in [2.45, 2.75) is 0 Å². The quantitative estimate of drug-likeness (QED) is 0.215. The van der Waals surface area contributed by atoms with Crippen LogP contribution in [0.4, 0.5) is 0 Å². The van der Waals surface area contributed by atoms with Crippen LogP contribution in [0.2, 0.25) is 0 Å². The second-order valence-corrected chi connectivity index (χ2v) is 10.7. The molecule has 0 spiro atoms. The van der Waals surface area contributed by atoms with Gasteiger partial charge in [-0.25, -0.2) is 0 Å². The highest BCUT2D eigenvalue weighted by molar-refractivity contribution is 6.18. The van der Waals surface area contributed by atoms with E-state index >= 15 is 0 Å². The molecule has 0 radical (unpaired) electrons. The van der Waals surface area contributed by atoms with Gasteiger partial charge in [0.2, 0.25) is 0 Å². The van der Waals surface area contributed by atoms with E-state index in [9.17, 15) is 10.5 Å². The van der Waals surface area contributed by atoms with Crippen LogP contribution in [0.3, 0.4) is 0 Å². The lowest BCUT2D eigenvalue weighted by molar-refractivity contribution is 0.665. The zero-order valence-electron chi connectivity index (χ0n) is 22.6. The van der Waals surface area contributed by atoms with Crippen LogP contribution < -0.4 is 0 Å². The van der Waals surface area contributed by atoms with Gasteiger partial charge < -0.3 is 13.4 Å². The van der Waals surface area contributed by atoms with Crippen molar-refractivity contribution in [2.75, 3.05) is 0 Å². The third-order valence-electron chi connectivity index (χ3n) is 8.48. The smallest absolute Gasteiger partial charge is 0.159 e. The van der Waals surface area contributed by atoms with E-state index < -0.39 is 0 Å². The number of nitriles is 2. The number of fused-ring (bicyclic) bond motifs is 9. The van der Waals surface area contributed by atoms with E-state index in [-0.39, 0.29) is 0 Å². The summed E-state index contributed by atoms with van der Waals surface area (Å²) in [5.74, 6) is 0. The summed E-state index contributed by atoms with van der Waals surface area (Å²) in [4.78, 5) is 0. The van der Waals surface area contributed by atoms with Crippen molar-refractivity contribution >= 4 is 65.7 Å². The van der Waals surface area contributed by atoms with Crippen molar-refractivity contribution in [1.82, 2.24) is 4.57 Å². The first-order valence-corrected chi connectivity index (χ1v) is 14.0. The minimum Gasteiger partial charge on any atom is -0.456 e. The van der Waals surface area contributed by atoms with Gasteiger partial charge in [0.1, 0.15) is 17.2 Å². The molecule has 5 heteroatoms. The number of nitrogens with zero attached hydrogens (tertiary/aromatic N) is 3. The largest absolute Gasteiger partial charge is 0.456 e. The Labute approximate surface area is 244 Å². The molecule has 3 aromatic heterocycles. The second-order valence-electron chi connectivity index (χ2n) is 10.7. The van der Waals surface area contributed by atoms with Crippen molar-refractivity contribution in [1.29, 1.82) is 10.5 Å². The fourth-order valence-electron chi connectivity index (χ4n) is 6.59. The lowest BCUT2D eigenvalue weighted by Gasteiger charge is -2.09. The van der Waals surface area contributed by atoms with Crippen molar-refractivity contribution in [3.8, 4) is 29.0 Å². The molecule has 0 saturated carbocycles. The molecule has 6 aromatic carbocycles. The van der Waals surface area contributed by atoms with Gasteiger partial charge in [-0.05, 0) is 65.7 Å². The molecule has 0 aliphatic rings. The molecule has 5 nitrogen and oxygen atoms in total. The fourth-order valence-corrected chi connectivity index (χ4v) is 6.59. The van der Waals surface area contributed by atoms with Gasteiger partial charge in [-0.1, -0.05) is 60.7 Å². The Kier molecular flexibility index (Phi) is 4.68. The van der Waals surface area contributed by atoms with Crippen LogP contribution in [0.5, 0.6) is 0 Å². The SMILES string of the molecule is N#Cc1ccc2c(c1)c1ccccc1n2-c1cccc2c1oc1c(C#N)ccc(-c3ccc4oc5ccccc5c4c3)c12. The Morgan fingerprint density at radius 2 is 1.33 bits per heavy atom. The standard InChI is InChI=1S/C38H19N3O2/c39-20-22-12-16-32-29(18-22)26-6-1-3-9-31(26)41(32)33-10-5-8-28-36-25(15-13-24(21-40)37(36)43-38(28)33)23-14-17-35-30(19-23)27-7-2-4-11-34(27)42-35/h1-19H. The van der Waals surface area contributed by atoms with E-state index in [4.69, 9.17) is 8.83 Å². The summed E-state index contributed by atoms with van der Waals surface area (Å²) in [5.41, 5.74) is 8.90. The second kappa shape index (κ2) is 8.60. The van der Waals surface area contributed by atoms with Gasteiger partial charge in [-0.2, -0.15) is 10.5 Å². The molecule has 0 bridgehead atoms. The number of rotatable bonds is 2. The van der Waals surface area contributed by atoms with Gasteiger partial charge in [0.25, 0.3) is 0 Å². The molecule has 43 heavy (non-hydrogen) atoms. The highest BCUT2D eigenvalue weighted by atomic mass is 16.3. The zero-order chi connectivity index (χ0) is 28.7. The maximum atomic E-state index is 10.1. The number of hydrogen-bond acceptors (Lipinski definition) is 4. The van der Waals surface area contributed by atoms with Crippen LogP contribution in [0.15, 0.2) is 124 Å². The molecule has 0 amide bonds. The zero-order valence-corrected chi connectivity index (χ0v) is 22.6. The summed E-state index contributed by atoms with van der Waals surface area (Å²) in [6.45, 7) is 0. The molecule has 0 aliphatic carbocycles. The molecule has 0 atom stereocenters. The summed E-state index contributed by atoms with van der Waals surface area (Å²) in [6.07, 6.45) is 0. The third kappa shape index (κ3) is 3.19. The average molecular weight is 550 g/mol. The molecule has 0 aliphatic heterocycles. The van der Waals surface area contributed by atoms with E-state index in [1.54, 1.807) is 0 Å². The Bertz CT molecular complexity index is 2710. The van der Waals surface area contributed by atoms with Gasteiger partial charge in [-0.15, -0.1) is 0 Å². The van der Waals surface area contributed by atoms with Crippen molar-refractivity contribution < 1.29 is 8.83 Å². The monoisotopic (exact) mass is 549 g/mol. The summed E-state index contributed by atoms with van der Waals surface area (Å²) in [5, 5.41) is 25.7. The number of para-hydroxylation sites is 3. The van der Waals surface area contributed by atoms with E-state index in [1.165, 1.54) is 0 Å². The molecular formula is C38H19N3O2. The predicted octanol–water partition coefficient (Wildman–Crippen LogP) is 9.99. The minimum atomic E-state index is 0.483. The lowest BCUT2D eigenvalue weighted by Crippen LogP contribution is -1.94. The number of hydrogen-bond donors (Lipinski definition) is 0. The highest BCUT2D eigenvalue weighted by Crippen LogP contribution is 2.43. The topological polar surface area (TPSA) is 78.8 Å². The maximum absolute atomic E-state index is 10.1. The summed E-state index contributed by atoms with van der Waals surface area (Å²) in [7, 11) is 0. The van der Waals surface area contributed by atoms with Crippen molar-refractivity contribution in [3.63, 3.8) is 0 Å². The number of aromatic nitrogens is 1. The fraction of sp³-hybridized carbons (Fsp3) is 0. The first-order chi connectivity index (χ1) is 21.2. The Hall–Kier alpha value is -6.30. The molecule has 9 aromatic rings. The normalized spacial score (nSPS) is 11.7. The molecule has 0 saturated heterocycles. The van der Waals surface area contributed by atoms with Crippen molar-refractivity contribution in [2.24, 2.45) is 0 Å². The molecule has 0 unspecified atom stereocenters. The maximum Gasteiger partial charge on any atom is 0.159 e. The van der Waals surface area contributed by atoms with Crippen molar-refractivity contribution in [3.05, 3.63) is 126 Å². The summed E-state index contributed by atoms with van der Waals surface area (Å²) in [6, 6.07) is 42.8. The predicted molar refractivity (Wildman–Crippen MR) is 170 cm³/mol. The summed E-state index contributed by atoms with van der Waals surface area (Å²) >= 11 is 0. The van der Waals surface area contributed by atoms with Gasteiger partial charge in [0.05, 0.1) is 33.9 Å².